The quantitative estimate of drug-likeness (QED) is 0.829. The number of hydrogen-bond acceptors (Lipinski definition) is 2. The van der Waals surface area contributed by atoms with Crippen LogP contribution in [-0.2, 0) is 12.0 Å². The van der Waals surface area contributed by atoms with Gasteiger partial charge in [0, 0.05) is 4.47 Å². The Kier molecular flexibility index (Phi) is 4.91. The Morgan fingerprint density at radius 1 is 1.14 bits per heavy atom. The third-order valence-corrected chi connectivity index (χ3v) is 3.88. The molecular weight excluding hydrogens is 344 g/mol. The first-order chi connectivity index (χ1) is 10.3. The SMILES string of the molecule is CC(C)(C)c1ccc(COc2ccc(Br)cc2C(=O)O)cc1. The molecule has 2 aromatic rings. The molecule has 0 amide bonds. The Labute approximate surface area is 139 Å². The molecule has 0 fully saturated rings. The molecule has 0 unspecified atom stereocenters. The lowest BCUT2D eigenvalue weighted by Crippen LogP contribution is -2.11. The molecule has 0 heterocycles. The van der Waals surface area contributed by atoms with Gasteiger partial charge in [0.15, 0.2) is 0 Å². The molecule has 116 valence electrons. The van der Waals surface area contributed by atoms with Crippen LogP contribution < -0.4 is 4.74 Å². The Morgan fingerprint density at radius 2 is 1.77 bits per heavy atom. The highest BCUT2D eigenvalue weighted by molar-refractivity contribution is 9.10. The molecule has 22 heavy (non-hydrogen) atoms. The van der Waals surface area contributed by atoms with Crippen molar-refractivity contribution >= 4 is 21.9 Å². The van der Waals surface area contributed by atoms with Crippen molar-refractivity contribution in [2.45, 2.75) is 32.8 Å². The van der Waals surface area contributed by atoms with E-state index in [-0.39, 0.29) is 11.0 Å². The fourth-order valence-electron chi connectivity index (χ4n) is 2.06. The minimum absolute atomic E-state index is 0.113. The summed E-state index contributed by atoms with van der Waals surface area (Å²) in [5.41, 5.74) is 2.53. The maximum absolute atomic E-state index is 11.2. The number of benzene rings is 2. The van der Waals surface area contributed by atoms with Crippen molar-refractivity contribution in [1.29, 1.82) is 0 Å². The van der Waals surface area contributed by atoms with Gasteiger partial charge in [-0.3, -0.25) is 0 Å². The van der Waals surface area contributed by atoms with Gasteiger partial charge in [0.25, 0.3) is 0 Å². The van der Waals surface area contributed by atoms with Crippen molar-refractivity contribution in [3.63, 3.8) is 0 Å². The van der Waals surface area contributed by atoms with Gasteiger partial charge in [-0.05, 0) is 34.7 Å². The lowest BCUT2D eigenvalue weighted by molar-refractivity contribution is 0.0691. The van der Waals surface area contributed by atoms with Gasteiger partial charge in [-0.25, -0.2) is 4.79 Å². The van der Waals surface area contributed by atoms with E-state index in [1.165, 1.54) is 5.56 Å². The molecule has 0 aliphatic carbocycles. The van der Waals surface area contributed by atoms with Crippen LogP contribution in [0.25, 0.3) is 0 Å². The second-order valence-corrected chi connectivity index (χ2v) is 7.10. The molecule has 3 nitrogen and oxygen atoms in total. The van der Waals surface area contributed by atoms with Crippen molar-refractivity contribution < 1.29 is 14.6 Å². The van der Waals surface area contributed by atoms with Crippen LogP contribution in [0, 0.1) is 0 Å². The molecular formula is C18H19BrO3. The molecule has 4 heteroatoms. The molecule has 2 aromatic carbocycles. The van der Waals surface area contributed by atoms with Crippen LogP contribution in [-0.4, -0.2) is 11.1 Å². The molecule has 0 radical (unpaired) electrons. The summed E-state index contributed by atoms with van der Waals surface area (Å²) >= 11 is 3.27. The van der Waals surface area contributed by atoms with E-state index in [1.54, 1.807) is 18.2 Å². The topological polar surface area (TPSA) is 46.5 Å². The van der Waals surface area contributed by atoms with E-state index in [1.807, 2.05) is 12.1 Å². The Morgan fingerprint density at radius 3 is 2.32 bits per heavy atom. The third-order valence-electron chi connectivity index (χ3n) is 3.39. The molecule has 0 aromatic heterocycles. The van der Waals surface area contributed by atoms with Crippen molar-refractivity contribution in [1.82, 2.24) is 0 Å². The summed E-state index contributed by atoms with van der Waals surface area (Å²) in [5.74, 6) is -0.630. The number of hydrogen-bond donors (Lipinski definition) is 1. The minimum Gasteiger partial charge on any atom is -0.488 e. The van der Waals surface area contributed by atoms with Gasteiger partial charge < -0.3 is 9.84 Å². The van der Waals surface area contributed by atoms with E-state index in [0.717, 1.165) is 5.56 Å². The molecule has 0 spiro atoms. The predicted molar refractivity (Wildman–Crippen MR) is 90.6 cm³/mol. The molecule has 2 rings (SSSR count). The average molecular weight is 363 g/mol. The van der Waals surface area contributed by atoms with Crippen LogP contribution in [0.5, 0.6) is 5.75 Å². The maximum atomic E-state index is 11.2. The van der Waals surface area contributed by atoms with Gasteiger partial charge in [0.05, 0.1) is 0 Å². The fraction of sp³-hybridized carbons (Fsp3) is 0.278. The zero-order chi connectivity index (χ0) is 16.3. The lowest BCUT2D eigenvalue weighted by atomic mass is 9.87. The number of carboxylic acids is 1. The van der Waals surface area contributed by atoms with Crippen molar-refractivity contribution in [3.05, 3.63) is 63.6 Å². The first kappa shape index (κ1) is 16.6. The van der Waals surface area contributed by atoms with Crippen LogP contribution in [0.2, 0.25) is 0 Å². The largest absolute Gasteiger partial charge is 0.488 e. The van der Waals surface area contributed by atoms with Gasteiger partial charge in [0.1, 0.15) is 17.9 Å². The van der Waals surface area contributed by atoms with Crippen LogP contribution >= 0.6 is 15.9 Å². The second kappa shape index (κ2) is 6.53. The number of halogens is 1. The zero-order valence-corrected chi connectivity index (χ0v) is 14.5. The van der Waals surface area contributed by atoms with Crippen LogP contribution in [0.1, 0.15) is 42.3 Å². The summed E-state index contributed by atoms with van der Waals surface area (Å²) in [6.07, 6.45) is 0. The highest BCUT2D eigenvalue weighted by Crippen LogP contribution is 2.25. The van der Waals surface area contributed by atoms with Gasteiger partial charge in [-0.15, -0.1) is 0 Å². The van der Waals surface area contributed by atoms with Crippen LogP contribution in [0.15, 0.2) is 46.9 Å². The van der Waals surface area contributed by atoms with Crippen LogP contribution in [0.4, 0.5) is 0 Å². The Balaban J connectivity index is 2.12. The first-order valence-electron chi connectivity index (χ1n) is 7.02. The van der Waals surface area contributed by atoms with Gasteiger partial charge >= 0.3 is 5.97 Å². The van der Waals surface area contributed by atoms with Crippen molar-refractivity contribution in [2.75, 3.05) is 0 Å². The molecule has 0 bridgehead atoms. The van der Waals surface area contributed by atoms with Gasteiger partial charge in [0.2, 0.25) is 0 Å². The highest BCUT2D eigenvalue weighted by Gasteiger charge is 2.14. The second-order valence-electron chi connectivity index (χ2n) is 6.18. The lowest BCUT2D eigenvalue weighted by Gasteiger charge is -2.19. The number of rotatable bonds is 4. The van der Waals surface area contributed by atoms with Gasteiger partial charge in [-0.1, -0.05) is 61.0 Å². The predicted octanol–water partition coefficient (Wildman–Crippen LogP) is 5.02. The summed E-state index contributed by atoms with van der Waals surface area (Å²) in [6, 6.07) is 13.2. The minimum atomic E-state index is -1.00. The summed E-state index contributed by atoms with van der Waals surface area (Å²) in [7, 11) is 0. The highest BCUT2D eigenvalue weighted by atomic mass is 79.9. The Bertz CT molecular complexity index is 670. The molecule has 0 aliphatic heterocycles. The summed E-state index contributed by atoms with van der Waals surface area (Å²) in [6.45, 7) is 6.84. The number of carbonyl (C=O) groups is 1. The fourth-order valence-corrected chi connectivity index (χ4v) is 2.42. The maximum Gasteiger partial charge on any atom is 0.339 e. The zero-order valence-electron chi connectivity index (χ0n) is 12.9. The number of ether oxygens (including phenoxy) is 1. The summed E-state index contributed by atoms with van der Waals surface area (Å²) in [4.78, 5) is 11.2. The van der Waals surface area contributed by atoms with Crippen molar-refractivity contribution in [2.24, 2.45) is 0 Å². The Hall–Kier alpha value is -1.81. The normalized spacial score (nSPS) is 11.3. The smallest absolute Gasteiger partial charge is 0.339 e. The van der Waals surface area contributed by atoms with Gasteiger partial charge in [-0.2, -0.15) is 0 Å². The molecule has 0 atom stereocenters. The van der Waals surface area contributed by atoms with E-state index in [9.17, 15) is 9.90 Å². The van der Waals surface area contributed by atoms with E-state index < -0.39 is 5.97 Å². The van der Waals surface area contributed by atoms with E-state index in [0.29, 0.717) is 16.8 Å². The average Bonchev–Trinajstić information content (AvgIpc) is 2.45. The molecule has 0 saturated heterocycles. The molecule has 1 N–H and O–H groups in total. The van der Waals surface area contributed by atoms with E-state index in [2.05, 4.69) is 48.8 Å². The summed E-state index contributed by atoms with van der Waals surface area (Å²) in [5, 5.41) is 9.21. The molecule has 0 saturated carbocycles. The van der Waals surface area contributed by atoms with Crippen molar-refractivity contribution in [3.8, 4) is 5.75 Å². The molecule has 0 aliphatic rings. The first-order valence-corrected chi connectivity index (χ1v) is 7.82. The van der Waals surface area contributed by atoms with E-state index >= 15 is 0 Å². The van der Waals surface area contributed by atoms with E-state index in [4.69, 9.17) is 4.74 Å². The standard InChI is InChI=1S/C18H19BrO3/c1-18(2,3)13-6-4-12(5-7-13)11-22-16-9-8-14(19)10-15(16)17(20)21/h4-10H,11H2,1-3H3,(H,20,21). The number of aromatic carboxylic acids is 1. The summed E-state index contributed by atoms with van der Waals surface area (Å²) < 4.78 is 6.38. The monoisotopic (exact) mass is 362 g/mol. The number of carboxylic acid groups (broad SMARTS) is 1. The third kappa shape index (κ3) is 4.10. The van der Waals surface area contributed by atoms with Crippen LogP contribution in [0.3, 0.4) is 0 Å².